The highest BCUT2D eigenvalue weighted by Crippen LogP contribution is 2.47. The Bertz CT molecular complexity index is 1480. The van der Waals surface area contributed by atoms with Crippen molar-refractivity contribution in [3.05, 3.63) is 85.7 Å². The summed E-state index contributed by atoms with van der Waals surface area (Å²) in [5.74, 6) is 6.87. The summed E-state index contributed by atoms with van der Waals surface area (Å²) < 4.78 is 14.0. The Balaban J connectivity index is 1.81. The Hall–Kier alpha value is -3.79. The summed E-state index contributed by atoms with van der Waals surface area (Å²) in [6.45, 7) is 6.58. The molecule has 11 heteroatoms. The largest absolute Gasteiger partial charge is 0.493 e. The fourth-order valence-electron chi connectivity index (χ4n) is 3.98. The van der Waals surface area contributed by atoms with Crippen molar-refractivity contribution in [2.24, 2.45) is 16.3 Å². The number of benzene rings is 2. The third-order valence-corrected chi connectivity index (χ3v) is 6.53. The van der Waals surface area contributed by atoms with Crippen molar-refractivity contribution >= 4 is 23.3 Å². The number of ether oxygens (including phenoxy) is 2. The summed E-state index contributed by atoms with van der Waals surface area (Å²) in [6, 6.07) is 13.9. The van der Waals surface area contributed by atoms with Gasteiger partial charge >= 0.3 is 17.3 Å². The first-order chi connectivity index (χ1) is 18.1. The number of nitrogen functional groups attached to an aromatic ring is 1. The van der Waals surface area contributed by atoms with Gasteiger partial charge in [-0.1, -0.05) is 37.6 Å². The van der Waals surface area contributed by atoms with Gasteiger partial charge in [0.05, 0.1) is 30.9 Å². The summed E-state index contributed by atoms with van der Waals surface area (Å²) in [4.78, 5) is 44.1. The molecule has 1 saturated carbocycles. The highest BCUT2D eigenvalue weighted by molar-refractivity contribution is 6.30. The third kappa shape index (κ3) is 6.02. The van der Waals surface area contributed by atoms with E-state index in [9.17, 15) is 14.4 Å². The lowest BCUT2D eigenvalue weighted by Crippen LogP contribution is -2.58. The fraction of sp³-hybridized carbons (Fsp3) is 0.407. The number of halogens is 1. The lowest BCUT2D eigenvalue weighted by Gasteiger charge is -2.18. The van der Waals surface area contributed by atoms with Crippen molar-refractivity contribution in [2.45, 2.75) is 46.7 Å². The Morgan fingerprint density at radius 2 is 1.71 bits per heavy atom. The van der Waals surface area contributed by atoms with Crippen LogP contribution in [0.3, 0.4) is 0 Å². The van der Waals surface area contributed by atoms with E-state index < -0.39 is 22.8 Å². The van der Waals surface area contributed by atoms with Crippen LogP contribution in [-0.2, 0) is 22.6 Å². The van der Waals surface area contributed by atoms with Crippen LogP contribution in [0.4, 0.5) is 5.69 Å². The molecule has 1 aromatic heterocycles. The Labute approximate surface area is 224 Å². The van der Waals surface area contributed by atoms with Crippen molar-refractivity contribution in [3.63, 3.8) is 0 Å². The molecule has 2 N–H and O–H groups in total. The Kier molecular flexibility index (Phi) is 8.11. The molecular weight excluding hydrogens is 510 g/mol. The van der Waals surface area contributed by atoms with Crippen molar-refractivity contribution < 1.29 is 14.3 Å². The second kappa shape index (κ2) is 11.3. The van der Waals surface area contributed by atoms with Crippen LogP contribution in [0.15, 0.2) is 63.1 Å². The van der Waals surface area contributed by atoms with E-state index in [1.165, 1.54) is 4.57 Å². The maximum atomic E-state index is 13.7. The Morgan fingerprint density at radius 1 is 1.05 bits per heavy atom. The molecule has 0 bridgehead atoms. The van der Waals surface area contributed by atoms with Gasteiger partial charge in [0.25, 0.3) is 0 Å². The van der Waals surface area contributed by atoms with Crippen LogP contribution in [0.2, 0.25) is 5.02 Å². The number of hydrogen-bond donors (Lipinski definition) is 1. The lowest BCUT2D eigenvalue weighted by molar-refractivity contribution is -0.150. The molecule has 0 saturated heterocycles. The summed E-state index contributed by atoms with van der Waals surface area (Å²) in [7, 11) is 0. The van der Waals surface area contributed by atoms with Crippen LogP contribution in [0.5, 0.6) is 5.75 Å². The molecular formula is C27H32ClN5O5. The van der Waals surface area contributed by atoms with Crippen molar-refractivity contribution in [1.82, 2.24) is 13.8 Å². The van der Waals surface area contributed by atoms with Gasteiger partial charge in [0, 0.05) is 11.6 Å². The van der Waals surface area contributed by atoms with Crippen LogP contribution < -0.4 is 27.6 Å². The quantitative estimate of drug-likeness (QED) is 0.311. The Morgan fingerprint density at radius 3 is 2.29 bits per heavy atom. The number of carbonyl (C=O) groups excluding carboxylic acids is 1. The number of nitrogens with zero attached hydrogens (tertiary/aromatic N) is 4. The topological polar surface area (TPSA) is 123 Å². The first kappa shape index (κ1) is 27.3. The lowest BCUT2D eigenvalue weighted by atomic mass is 10.1. The van der Waals surface area contributed by atoms with Crippen LogP contribution >= 0.6 is 11.6 Å². The molecule has 1 aliphatic rings. The van der Waals surface area contributed by atoms with E-state index >= 15 is 0 Å². The van der Waals surface area contributed by atoms with Crippen molar-refractivity contribution in [2.75, 3.05) is 19.1 Å². The zero-order valence-electron chi connectivity index (χ0n) is 21.7. The molecule has 38 heavy (non-hydrogen) atoms. The monoisotopic (exact) mass is 541 g/mol. The minimum atomic E-state index is -0.908. The van der Waals surface area contributed by atoms with Gasteiger partial charge in [-0.05, 0) is 67.6 Å². The summed E-state index contributed by atoms with van der Waals surface area (Å²) in [6.07, 6.45) is 1.05. The zero-order chi connectivity index (χ0) is 27.4. The van der Waals surface area contributed by atoms with Crippen LogP contribution in [0.1, 0.15) is 39.2 Å². The predicted octanol–water partition coefficient (Wildman–Crippen LogP) is 2.84. The minimum Gasteiger partial charge on any atom is -0.493 e. The number of aromatic nitrogens is 3. The molecule has 0 radical (unpaired) electrons. The predicted molar refractivity (Wildman–Crippen MR) is 144 cm³/mol. The van der Waals surface area contributed by atoms with Gasteiger partial charge in [0.2, 0.25) is 5.62 Å². The zero-order valence-corrected chi connectivity index (χ0v) is 22.5. The highest BCUT2D eigenvalue weighted by atomic mass is 35.5. The second-order valence-electron chi connectivity index (χ2n) is 9.85. The van der Waals surface area contributed by atoms with Gasteiger partial charge in [0.1, 0.15) is 5.75 Å². The molecule has 1 fully saturated rings. The molecule has 2 aromatic carbocycles. The maximum Gasteiger partial charge on any atom is 0.353 e. The average Bonchev–Trinajstić information content (AvgIpc) is 3.69. The number of carbonyl (C=O) groups is 1. The van der Waals surface area contributed by atoms with E-state index in [0.29, 0.717) is 41.8 Å². The molecule has 0 aliphatic heterocycles. The molecule has 0 unspecified atom stereocenters. The highest BCUT2D eigenvalue weighted by Gasteiger charge is 2.52. The molecule has 4 rings (SSSR count). The van der Waals surface area contributed by atoms with Gasteiger partial charge in [-0.15, -0.1) is 0 Å². The summed E-state index contributed by atoms with van der Waals surface area (Å²) in [5.41, 5.74) is -1.11. The van der Waals surface area contributed by atoms with E-state index in [4.69, 9.17) is 26.9 Å². The number of rotatable bonds is 10. The third-order valence-electron chi connectivity index (χ3n) is 6.28. The van der Waals surface area contributed by atoms with Crippen LogP contribution in [0.25, 0.3) is 0 Å². The van der Waals surface area contributed by atoms with E-state index in [1.54, 1.807) is 55.5 Å². The van der Waals surface area contributed by atoms with Gasteiger partial charge in [-0.25, -0.2) is 19.1 Å². The van der Waals surface area contributed by atoms with Gasteiger partial charge < -0.3 is 15.3 Å². The summed E-state index contributed by atoms with van der Waals surface area (Å²) in [5, 5.41) is 0.551. The number of esters is 1. The van der Waals surface area contributed by atoms with Gasteiger partial charge in [0.15, 0.2) is 0 Å². The molecule has 1 heterocycles. The summed E-state index contributed by atoms with van der Waals surface area (Å²) >= 11 is 6.03. The number of nitrogens with two attached hydrogens (primary N) is 1. The standard InChI is InChI=1S/C27H32ClN5O5/c1-4-37-23(34)27(13-14-27)17-32-25(35)31(15-19-5-7-20(28)8-6-19)24(33(29)26(32)36)30-21-9-11-22(12-10-21)38-16-18(2)3/h5-12,18H,4,13-17,29H2,1-3H3. The average molecular weight is 542 g/mol. The molecule has 0 amide bonds. The van der Waals surface area contributed by atoms with Crippen LogP contribution in [-0.4, -0.2) is 33.0 Å². The smallest absolute Gasteiger partial charge is 0.353 e. The van der Waals surface area contributed by atoms with E-state index in [0.717, 1.165) is 14.8 Å². The number of hydrogen-bond acceptors (Lipinski definition) is 7. The molecule has 0 atom stereocenters. The normalized spacial score (nSPS) is 14.5. The molecule has 3 aromatic rings. The van der Waals surface area contributed by atoms with Gasteiger partial charge in [-0.2, -0.15) is 4.68 Å². The molecule has 202 valence electrons. The first-order valence-corrected chi connectivity index (χ1v) is 12.9. The molecule has 1 aliphatic carbocycles. The first-order valence-electron chi connectivity index (χ1n) is 12.5. The van der Waals surface area contributed by atoms with Gasteiger partial charge in [-0.3, -0.25) is 9.36 Å². The van der Waals surface area contributed by atoms with E-state index in [1.807, 2.05) is 0 Å². The molecule has 0 spiro atoms. The van der Waals surface area contributed by atoms with Crippen LogP contribution in [0, 0.1) is 11.3 Å². The SMILES string of the molecule is CCOC(=O)C1(Cn2c(=O)n(N)c(=Nc3ccc(OCC(C)C)cc3)n(Cc3ccc(Cl)cc3)c2=O)CC1. The van der Waals surface area contributed by atoms with Crippen molar-refractivity contribution in [1.29, 1.82) is 0 Å². The minimum absolute atomic E-state index is 0.0389. The molecule has 10 nitrogen and oxygen atoms in total. The van der Waals surface area contributed by atoms with E-state index in [2.05, 4.69) is 18.8 Å². The fourth-order valence-corrected chi connectivity index (χ4v) is 4.10. The second-order valence-corrected chi connectivity index (χ2v) is 10.3. The maximum absolute atomic E-state index is 13.7. The van der Waals surface area contributed by atoms with Crippen molar-refractivity contribution in [3.8, 4) is 5.75 Å². The van der Waals surface area contributed by atoms with E-state index in [-0.39, 0.29) is 25.3 Å².